The molecule has 1 heterocycles. The number of Topliss-reactive ketones (excluding diaryl/α,β-unsaturated/α-hetero) is 1. The number of amides is 2. The molecule has 0 aliphatic carbocycles. The number of rotatable bonds is 11. The number of nitrogens with one attached hydrogen (secondary N) is 1. The van der Waals surface area contributed by atoms with Crippen LogP contribution in [0.25, 0.3) is 0 Å². The van der Waals surface area contributed by atoms with Crippen LogP contribution in [-0.2, 0) is 20.8 Å². The molecular formula is C30H31N3O5. The Balaban J connectivity index is 1.55. The monoisotopic (exact) mass is 513 g/mol. The zero-order chi connectivity index (χ0) is 26.9. The van der Waals surface area contributed by atoms with Crippen molar-refractivity contribution < 1.29 is 24.3 Å². The summed E-state index contributed by atoms with van der Waals surface area (Å²) in [5.41, 5.74) is 2.00. The Kier molecular flexibility index (Phi) is 8.87. The second-order valence-electron chi connectivity index (χ2n) is 9.32. The number of para-hydroxylation sites is 1. The van der Waals surface area contributed by atoms with Crippen molar-refractivity contribution in [2.75, 3.05) is 24.5 Å². The van der Waals surface area contributed by atoms with Gasteiger partial charge in [0.2, 0.25) is 5.91 Å². The first-order valence-corrected chi connectivity index (χ1v) is 12.7. The molecule has 196 valence electrons. The Bertz CT molecular complexity index is 1250. The molecule has 1 aliphatic rings. The molecule has 0 unspecified atom stereocenters. The minimum Gasteiger partial charge on any atom is -0.480 e. The number of ketones is 1. The van der Waals surface area contributed by atoms with Gasteiger partial charge in [0.25, 0.3) is 5.91 Å². The van der Waals surface area contributed by atoms with E-state index < -0.39 is 18.1 Å². The van der Waals surface area contributed by atoms with E-state index in [1.165, 1.54) is 4.90 Å². The van der Waals surface area contributed by atoms with Crippen LogP contribution in [-0.4, -0.2) is 65.3 Å². The minimum atomic E-state index is -1.02. The summed E-state index contributed by atoms with van der Waals surface area (Å²) in [5.74, 6) is -1.99. The number of carboxylic acid groups (broad SMARTS) is 1. The standard InChI is InChI=1S/C30H31N3O5/c34-27(25(19-22-11-4-1-5-12-22)31-29(36)23-13-6-2-7-14-23)20-32(24-15-8-3-9-16-24)21-28(35)33-18-10-17-26(33)30(37)38/h1-9,11-16,25-26H,10,17-21H2,(H,31,36)(H,37,38)/t25-,26-/m0/s1. The van der Waals surface area contributed by atoms with Gasteiger partial charge in [0, 0.05) is 17.8 Å². The number of anilines is 1. The molecule has 0 saturated carbocycles. The molecule has 2 amide bonds. The number of hydrogen-bond donors (Lipinski definition) is 2. The molecule has 0 aromatic heterocycles. The zero-order valence-electron chi connectivity index (χ0n) is 21.0. The van der Waals surface area contributed by atoms with Gasteiger partial charge in [-0.15, -0.1) is 0 Å². The molecular weight excluding hydrogens is 482 g/mol. The van der Waals surface area contributed by atoms with Crippen LogP contribution in [0.3, 0.4) is 0 Å². The van der Waals surface area contributed by atoms with E-state index in [9.17, 15) is 24.3 Å². The van der Waals surface area contributed by atoms with Gasteiger partial charge >= 0.3 is 5.97 Å². The lowest BCUT2D eigenvalue weighted by atomic mass is 10.0. The molecule has 38 heavy (non-hydrogen) atoms. The molecule has 1 fully saturated rings. The van der Waals surface area contributed by atoms with Crippen LogP contribution in [0.15, 0.2) is 91.0 Å². The van der Waals surface area contributed by atoms with Crippen LogP contribution in [0.1, 0.15) is 28.8 Å². The molecule has 3 aromatic carbocycles. The predicted octanol–water partition coefficient (Wildman–Crippen LogP) is 3.18. The summed E-state index contributed by atoms with van der Waals surface area (Å²) in [6, 6.07) is 25.5. The number of nitrogens with zero attached hydrogens (tertiary/aromatic N) is 2. The molecule has 4 rings (SSSR count). The molecule has 1 saturated heterocycles. The second-order valence-corrected chi connectivity index (χ2v) is 9.32. The maximum absolute atomic E-state index is 13.7. The van der Waals surface area contributed by atoms with Crippen molar-refractivity contribution in [3.05, 3.63) is 102 Å². The largest absolute Gasteiger partial charge is 0.480 e. The number of likely N-dealkylation sites (tertiary alicyclic amines) is 1. The summed E-state index contributed by atoms with van der Waals surface area (Å²) in [5, 5.41) is 12.4. The maximum Gasteiger partial charge on any atom is 0.326 e. The quantitative estimate of drug-likeness (QED) is 0.408. The molecule has 3 aromatic rings. The third kappa shape index (κ3) is 6.85. The molecule has 8 nitrogen and oxygen atoms in total. The first-order chi connectivity index (χ1) is 18.4. The van der Waals surface area contributed by atoms with Gasteiger partial charge in [-0.3, -0.25) is 14.4 Å². The van der Waals surface area contributed by atoms with Crippen LogP contribution in [0, 0.1) is 0 Å². The van der Waals surface area contributed by atoms with Gasteiger partial charge < -0.3 is 20.2 Å². The number of carboxylic acids is 1. The fourth-order valence-corrected chi connectivity index (χ4v) is 4.68. The summed E-state index contributed by atoms with van der Waals surface area (Å²) in [4.78, 5) is 54.5. The highest BCUT2D eigenvalue weighted by Crippen LogP contribution is 2.20. The molecule has 0 bridgehead atoms. The van der Waals surface area contributed by atoms with Gasteiger partial charge in [-0.05, 0) is 49.1 Å². The van der Waals surface area contributed by atoms with Crippen molar-refractivity contribution in [1.82, 2.24) is 10.2 Å². The van der Waals surface area contributed by atoms with Gasteiger partial charge in [0.1, 0.15) is 6.04 Å². The van der Waals surface area contributed by atoms with E-state index in [4.69, 9.17) is 0 Å². The summed E-state index contributed by atoms with van der Waals surface area (Å²) in [7, 11) is 0. The van der Waals surface area contributed by atoms with E-state index in [0.29, 0.717) is 37.1 Å². The number of benzene rings is 3. The summed E-state index contributed by atoms with van der Waals surface area (Å²) in [6.45, 7) is 0.0915. The fourth-order valence-electron chi connectivity index (χ4n) is 4.68. The van der Waals surface area contributed by atoms with Crippen molar-refractivity contribution in [1.29, 1.82) is 0 Å². The first kappa shape index (κ1) is 26.6. The van der Waals surface area contributed by atoms with Gasteiger partial charge in [0.15, 0.2) is 5.78 Å². The molecule has 1 aliphatic heterocycles. The van der Waals surface area contributed by atoms with E-state index in [-0.39, 0.29) is 30.7 Å². The smallest absolute Gasteiger partial charge is 0.326 e. The van der Waals surface area contributed by atoms with Crippen molar-refractivity contribution in [3.8, 4) is 0 Å². The van der Waals surface area contributed by atoms with Crippen molar-refractivity contribution in [3.63, 3.8) is 0 Å². The summed E-state index contributed by atoms with van der Waals surface area (Å²) in [6.07, 6.45) is 1.33. The third-order valence-corrected chi connectivity index (χ3v) is 6.66. The Morgan fingerprint density at radius 1 is 0.868 bits per heavy atom. The second kappa shape index (κ2) is 12.7. The lowest BCUT2D eigenvalue weighted by Crippen LogP contribution is -2.50. The van der Waals surface area contributed by atoms with Crippen molar-refractivity contribution in [2.24, 2.45) is 0 Å². The van der Waals surface area contributed by atoms with Crippen molar-refractivity contribution >= 4 is 29.3 Å². The number of carbonyl (C=O) groups excluding carboxylic acids is 3. The lowest BCUT2D eigenvalue weighted by Gasteiger charge is -2.29. The van der Waals surface area contributed by atoms with E-state index in [0.717, 1.165) is 5.56 Å². The molecule has 0 spiro atoms. The normalized spacial score (nSPS) is 15.5. The number of aliphatic carboxylic acids is 1. The number of hydrogen-bond acceptors (Lipinski definition) is 5. The lowest BCUT2D eigenvalue weighted by molar-refractivity contribution is -0.147. The average molecular weight is 514 g/mol. The van der Waals surface area contributed by atoms with E-state index in [1.807, 2.05) is 54.6 Å². The van der Waals surface area contributed by atoms with Crippen LogP contribution >= 0.6 is 0 Å². The topological polar surface area (TPSA) is 107 Å². The van der Waals surface area contributed by atoms with E-state index in [1.54, 1.807) is 41.3 Å². The van der Waals surface area contributed by atoms with Crippen LogP contribution in [0.5, 0.6) is 0 Å². The zero-order valence-corrected chi connectivity index (χ0v) is 21.0. The molecule has 8 heteroatoms. The summed E-state index contributed by atoms with van der Waals surface area (Å²) < 4.78 is 0. The maximum atomic E-state index is 13.7. The van der Waals surface area contributed by atoms with Gasteiger partial charge in [-0.2, -0.15) is 0 Å². The molecule has 0 radical (unpaired) electrons. The van der Waals surface area contributed by atoms with Gasteiger partial charge in [-0.1, -0.05) is 66.7 Å². The van der Waals surface area contributed by atoms with Crippen LogP contribution < -0.4 is 10.2 Å². The minimum absolute atomic E-state index is 0.131. The van der Waals surface area contributed by atoms with Gasteiger partial charge in [-0.25, -0.2) is 4.79 Å². The first-order valence-electron chi connectivity index (χ1n) is 12.7. The highest BCUT2D eigenvalue weighted by molar-refractivity contribution is 5.99. The highest BCUT2D eigenvalue weighted by Gasteiger charge is 2.35. The van der Waals surface area contributed by atoms with E-state index >= 15 is 0 Å². The van der Waals surface area contributed by atoms with E-state index in [2.05, 4.69) is 5.32 Å². The Morgan fingerprint density at radius 2 is 1.47 bits per heavy atom. The number of carbonyl (C=O) groups is 4. The van der Waals surface area contributed by atoms with Crippen LogP contribution in [0.4, 0.5) is 5.69 Å². The van der Waals surface area contributed by atoms with Gasteiger partial charge in [0.05, 0.1) is 19.1 Å². The van der Waals surface area contributed by atoms with Crippen LogP contribution in [0.2, 0.25) is 0 Å². The average Bonchev–Trinajstić information content (AvgIpc) is 3.45. The predicted molar refractivity (Wildman–Crippen MR) is 144 cm³/mol. The summed E-state index contributed by atoms with van der Waals surface area (Å²) >= 11 is 0. The molecule has 2 atom stereocenters. The van der Waals surface area contributed by atoms with Crippen molar-refractivity contribution in [2.45, 2.75) is 31.3 Å². The Morgan fingerprint density at radius 3 is 2.11 bits per heavy atom. The Labute approximate surface area is 221 Å². The molecule has 2 N–H and O–H groups in total. The highest BCUT2D eigenvalue weighted by atomic mass is 16.4. The fraction of sp³-hybridized carbons (Fsp3) is 0.267. The third-order valence-electron chi connectivity index (χ3n) is 6.66. The Hall–Kier alpha value is -4.46. The SMILES string of the molecule is O=C(N[C@@H](Cc1ccccc1)C(=O)CN(CC(=O)N1CCC[C@H]1C(=O)O)c1ccccc1)c1ccccc1.